The number of aliphatic hydroxyl groups is 1. The summed E-state index contributed by atoms with van der Waals surface area (Å²) < 4.78 is 11.1. The number of aliphatic hydroxyl groups excluding tert-OH is 1. The van der Waals surface area contributed by atoms with E-state index in [4.69, 9.17) is 9.47 Å². The van der Waals surface area contributed by atoms with E-state index in [1.165, 1.54) is 0 Å². The average molecular weight is 293 g/mol. The van der Waals surface area contributed by atoms with E-state index < -0.39 is 6.10 Å². The Bertz CT molecular complexity index is 421. The maximum absolute atomic E-state index is 10.4. The molecule has 4 nitrogen and oxygen atoms in total. The molecule has 0 radical (unpaired) electrons. The van der Waals surface area contributed by atoms with Gasteiger partial charge in [0.15, 0.2) is 0 Å². The lowest BCUT2D eigenvalue weighted by atomic mass is 10.1. The predicted molar refractivity (Wildman–Crippen MR) is 83.6 cm³/mol. The smallest absolute Gasteiger partial charge is 0.119 e. The minimum absolute atomic E-state index is 0.243. The van der Waals surface area contributed by atoms with Crippen LogP contribution < -0.4 is 4.74 Å². The zero-order valence-electron chi connectivity index (χ0n) is 13.3. The fraction of sp³-hybridized carbons (Fsp3) is 0.647. The first-order valence-electron chi connectivity index (χ1n) is 7.84. The number of hydrogen-bond donors (Lipinski definition) is 1. The van der Waals surface area contributed by atoms with Crippen LogP contribution in [0, 0.1) is 0 Å². The lowest BCUT2D eigenvalue weighted by Gasteiger charge is -2.28. The largest absolute Gasteiger partial charge is 0.494 e. The molecule has 1 aliphatic heterocycles. The zero-order chi connectivity index (χ0) is 15.2. The number of nitrogens with zero attached hydrogens (tertiary/aromatic N) is 1. The van der Waals surface area contributed by atoms with Gasteiger partial charge in [-0.05, 0) is 44.5 Å². The molecule has 0 saturated carbocycles. The van der Waals surface area contributed by atoms with Crippen molar-refractivity contribution in [2.24, 2.45) is 0 Å². The molecule has 21 heavy (non-hydrogen) atoms. The molecule has 1 aliphatic rings. The third-order valence-electron chi connectivity index (χ3n) is 4.10. The Labute approximate surface area is 127 Å². The van der Waals surface area contributed by atoms with Gasteiger partial charge in [-0.1, -0.05) is 19.1 Å². The maximum Gasteiger partial charge on any atom is 0.119 e. The third-order valence-corrected chi connectivity index (χ3v) is 4.10. The molecular weight excluding hydrogens is 266 g/mol. The van der Waals surface area contributed by atoms with Crippen LogP contribution in [0.2, 0.25) is 0 Å². The fourth-order valence-corrected chi connectivity index (χ4v) is 2.82. The first-order chi connectivity index (χ1) is 10.1. The van der Waals surface area contributed by atoms with Gasteiger partial charge in [0.1, 0.15) is 5.75 Å². The monoisotopic (exact) mass is 293 g/mol. The molecule has 2 rings (SSSR count). The quantitative estimate of drug-likeness (QED) is 0.839. The molecule has 3 atom stereocenters. The van der Waals surface area contributed by atoms with Gasteiger partial charge in [0.25, 0.3) is 0 Å². The van der Waals surface area contributed by atoms with E-state index in [1.807, 2.05) is 24.3 Å². The van der Waals surface area contributed by atoms with Crippen molar-refractivity contribution in [3.63, 3.8) is 0 Å². The summed E-state index contributed by atoms with van der Waals surface area (Å²) in [7, 11) is 2.05. The van der Waals surface area contributed by atoms with Gasteiger partial charge in [0.05, 0.1) is 18.8 Å². The number of likely N-dealkylation sites (N-methyl/N-ethyl adjacent to an activating group) is 1. The second kappa shape index (κ2) is 7.78. The van der Waals surface area contributed by atoms with Crippen molar-refractivity contribution >= 4 is 0 Å². The van der Waals surface area contributed by atoms with Gasteiger partial charge in [-0.2, -0.15) is 0 Å². The fourth-order valence-electron chi connectivity index (χ4n) is 2.82. The Morgan fingerprint density at radius 2 is 2.10 bits per heavy atom. The Hall–Kier alpha value is -1.10. The molecule has 1 heterocycles. The van der Waals surface area contributed by atoms with Crippen molar-refractivity contribution in [2.45, 2.75) is 44.9 Å². The lowest BCUT2D eigenvalue weighted by molar-refractivity contribution is 0.0579. The van der Waals surface area contributed by atoms with Crippen LogP contribution in [0.3, 0.4) is 0 Å². The van der Waals surface area contributed by atoms with Gasteiger partial charge in [0.2, 0.25) is 0 Å². The van der Waals surface area contributed by atoms with E-state index >= 15 is 0 Å². The number of hydrogen-bond acceptors (Lipinski definition) is 4. The summed E-state index contributed by atoms with van der Waals surface area (Å²) in [5, 5.41) is 10.4. The summed E-state index contributed by atoms with van der Waals surface area (Å²) in [6.07, 6.45) is 1.79. The SMILES string of the molecule is CCCOc1ccc(C(O)CN(C)C2CCOC2C)cc1. The maximum atomic E-state index is 10.4. The highest BCUT2D eigenvalue weighted by atomic mass is 16.5. The topological polar surface area (TPSA) is 41.9 Å². The number of rotatable bonds is 7. The van der Waals surface area contributed by atoms with Crippen LogP contribution in [0.4, 0.5) is 0 Å². The molecule has 1 aromatic carbocycles. The second-order valence-electron chi connectivity index (χ2n) is 5.80. The van der Waals surface area contributed by atoms with Gasteiger partial charge in [-0.3, -0.25) is 4.90 Å². The molecular formula is C17H27NO3. The zero-order valence-corrected chi connectivity index (χ0v) is 13.3. The Balaban J connectivity index is 1.88. The summed E-state index contributed by atoms with van der Waals surface area (Å²) in [6, 6.07) is 8.13. The van der Waals surface area contributed by atoms with Crippen molar-refractivity contribution in [3.05, 3.63) is 29.8 Å². The normalized spacial score (nSPS) is 23.5. The summed E-state index contributed by atoms with van der Waals surface area (Å²) >= 11 is 0. The van der Waals surface area contributed by atoms with Crippen LogP contribution in [0.1, 0.15) is 38.4 Å². The van der Waals surface area contributed by atoms with Crippen molar-refractivity contribution in [1.29, 1.82) is 0 Å². The van der Waals surface area contributed by atoms with Crippen LogP contribution in [0.15, 0.2) is 24.3 Å². The summed E-state index contributed by atoms with van der Waals surface area (Å²) in [5.74, 6) is 0.860. The molecule has 1 saturated heterocycles. The molecule has 0 amide bonds. The van der Waals surface area contributed by atoms with E-state index in [1.54, 1.807) is 0 Å². The molecule has 1 N–H and O–H groups in total. The summed E-state index contributed by atoms with van der Waals surface area (Å²) in [6.45, 7) is 6.34. The summed E-state index contributed by atoms with van der Waals surface area (Å²) in [5.41, 5.74) is 0.928. The summed E-state index contributed by atoms with van der Waals surface area (Å²) in [4.78, 5) is 2.20. The van der Waals surface area contributed by atoms with Gasteiger partial charge in [0, 0.05) is 19.2 Å². The molecule has 1 aromatic rings. The Kier molecular flexibility index (Phi) is 6.03. The molecule has 0 aliphatic carbocycles. The van der Waals surface area contributed by atoms with E-state index in [0.717, 1.165) is 37.4 Å². The lowest BCUT2D eigenvalue weighted by Crippen LogP contribution is -2.39. The minimum atomic E-state index is -0.483. The van der Waals surface area contributed by atoms with Crippen LogP contribution in [-0.2, 0) is 4.74 Å². The molecule has 118 valence electrons. The van der Waals surface area contributed by atoms with E-state index in [-0.39, 0.29) is 6.10 Å². The molecule has 0 spiro atoms. The van der Waals surface area contributed by atoms with Crippen molar-refractivity contribution in [2.75, 3.05) is 26.8 Å². The van der Waals surface area contributed by atoms with E-state index in [2.05, 4.69) is 25.8 Å². The molecule has 1 fully saturated rings. The molecule has 4 heteroatoms. The predicted octanol–water partition coefficient (Wildman–Crippen LogP) is 2.62. The van der Waals surface area contributed by atoms with Crippen molar-refractivity contribution in [3.8, 4) is 5.75 Å². The molecule has 3 unspecified atom stereocenters. The highest BCUT2D eigenvalue weighted by Crippen LogP contribution is 2.23. The minimum Gasteiger partial charge on any atom is -0.494 e. The first-order valence-corrected chi connectivity index (χ1v) is 7.84. The van der Waals surface area contributed by atoms with Crippen LogP contribution >= 0.6 is 0 Å². The standard InChI is InChI=1S/C17H27NO3/c1-4-10-21-15-7-5-14(6-8-15)17(19)12-18(3)16-9-11-20-13(16)2/h5-8,13,16-17,19H,4,9-12H2,1-3H3. The number of ether oxygens (including phenoxy) is 2. The van der Waals surface area contributed by atoms with E-state index in [0.29, 0.717) is 12.6 Å². The Morgan fingerprint density at radius 3 is 2.67 bits per heavy atom. The molecule has 0 bridgehead atoms. The van der Waals surface area contributed by atoms with Crippen molar-refractivity contribution in [1.82, 2.24) is 4.90 Å². The van der Waals surface area contributed by atoms with Gasteiger partial charge >= 0.3 is 0 Å². The number of benzene rings is 1. The van der Waals surface area contributed by atoms with Crippen LogP contribution in [0.5, 0.6) is 5.75 Å². The average Bonchev–Trinajstić information content (AvgIpc) is 2.91. The van der Waals surface area contributed by atoms with Gasteiger partial charge < -0.3 is 14.6 Å². The van der Waals surface area contributed by atoms with Gasteiger partial charge in [-0.15, -0.1) is 0 Å². The van der Waals surface area contributed by atoms with E-state index in [9.17, 15) is 5.11 Å². The molecule has 0 aromatic heterocycles. The van der Waals surface area contributed by atoms with Crippen LogP contribution in [-0.4, -0.2) is 49.0 Å². The first kappa shape index (κ1) is 16.3. The third kappa shape index (κ3) is 4.43. The van der Waals surface area contributed by atoms with Gasteiger partial charge in [-0.25, -0.2) is 0 Å². The highest BCUT2D eigenvalue weighted by Gasteiger charge is 2.28. The van der Waals surface area contributed by atoms with Crippen molar-refractivity contribution < 1.29 is 14.6 Å². The van der Waals surface area contributed by atoms with Crippen LogP contribution in [0.25, 0.3) is 0 Å². The second-order valence-corrected chi connectivity index (χ2v) is 5.80. The highest BCUT2D eigenvalue weighted by molar-refractivity contribution is 5.28. The Morgan fingerprint density at radius 1 is 1.38 bits per heavy atom.